The Morgan fingerprint density at radius 3 is 3.04 bits per heavy atom. The first kappa shape index (κ1) is 15.5. The minimum absolute atomic E-state index is 0.153. The number of aryl methyl sites for hydroxylation is 2. The molecule has 2 aromatic rings. The van der Waals surface area contributed by atoms with Crippen LogP contribution in [0.4, 0.5) is 5.82 Å². The van der Waals surface area contributed by atoms with E-state index >= 15 is 0 Å². The number of amides is 1. The van der Waals surface area contributed by atoms with Crippen LogP contribution in [-0.2, 0) is 17.6 Å². The summed E-state index contributed by atoms with van der Waals surface area (Å²) in [5.74, 6) is 0.368. The molecule has 23 heavy (non-hydrogen) atoms. The van der Waals surface area contributed by atoms with Crippen LogP contribution in [-0.4, -0.2) is 21.1 Å². The van der Waals surface area contributed by atoms with Crippen LogP contribution in [0.3, 0.4) is 0 Å². The summed E-state index contributed by atoms with van der Waals surface area (Å²) in [5.41, 5.74) is 2.77. The zero-order valence-electron chi connectivity index (χ0n) is 12.7. The van der Waals surface area contributed by atoms with Gasteiger partial charge in [-0.1, -0.05) is 17.8 Å². The molecule has 0 saturated heterocycles. The number of thioether (sulfide) groups is 1. The van der Waals surface area contributed by atoms with Crippen LogP contribution in [0.1, 0.15) is 30.2 Å². The van der Waals surface area contributed by atoms with Crippen molar-refractivity contribution in [3.63, 3.8) is 0 Å². The maximum absolute atomic E-state index is 12.3. The molecular weight excluding hydrogens is 308 g/mol. The number of anilines is 1. The van der Waals surface area contributed by atoms with Gasteiger partial charge in [0.05, 0.1) is 10.8 Å². The van der Waals surface area contributed by atoms with Crippen molar-refractivity contribution in [2.75, 3.05) is 5.32 Å². The second-order valence-electron chi connectivity index (χ2n) is 5.38. The molecule has 6 heteroatoms. The number of fused-ring (bicyclic) bond motifs is 1. The summed E-state index contributed by atoms with van der Waals surface area (Å²) in [6, 6.07) is 9.46. The average Bonchev–Trinajstić information content (AvgIpc) is 3.02. The second kappa shape index (κ2) is 6.80. The molecule has 116 valence electrons. The summed E-state index contributed by atoms with van der Waals surface area (Å²) < 4.78 is 0. The first-order chi connectivity index (χ1) is 11.2. The molecule has 0 bridgehead atoms. The van der Waals surface area contributed by atoms with Gasteiger partial charge in [0.1, 0.15) is 16.9 Å². The van der Waals surface area contributed by atoms with Gasteiger partial charge in [-0.25, -0.2) is 9.97 Å². The van der Waals surface area contributed by atoms with Gasteiger partial charge in [0.15, 0.2) is 0 Å². The number of nitrogens with one attached hydrogen (secondary N) is 1. The fourth-order valence-corrected chi connectivity index (χ4v) is 3.40. The Labute approximate surface area is 139 Å². The molecule has 1 aliphatic rings. The summed E-state index contributed by atoms with van der Waals surface area (Å²) >= 11 is 1.31. The number of nitrogens with zero attached hydrogens (tertiary/aromatic N) is 3. The van der Waals surface area contributed by atoms with E-state index < -0.39 is 0 Å². The van der Waals surface area contributed by atoms with Gasteiger partial charge in [0, 0.05) is 11.9 Å². The van der Waals surface area contributed by atoms with Crippen molar-refractivity contribution >= 4 is 23.5 Å². The van der Waals surface area contributed by atoms with Gasteiger partial charge < -0.3 is 5.32 Å². The van der Waals surface area contributed by atoms with Gasteiger partial charge in [-0.15, -0.1) is 0 Å². The molecule has 2 heterocycles. The van der Waals surface area contributed by atoms with Crippen molar-refractivity contribution in [3.05, 3.63) is 47.3 Å². The fraction of sp³-hybridized carbons (Fsp3) is 0.294. The summed E-state index contributed by atoms with van der Waals surface area (Å²) in [5, 5.41) is 12.4. The number of pyridine rings is 2. The lowest BCUT2D eigenvalue weighted by atomic mass is 10.2. The molecule has 0 saturated carbocycles. The third-order valence-corrected chi connectivity index (χ3v) is 4.81. The maximum Gasteiger partial charge on any atom is 0.238 e. The lowest BCUT2D eigenvalue weighted by molar-refractivity contribution is -0.115. The predicted molar refractivity (Wildman–Crippen MR) is 89.2 cm³/mol. The summed E-state index contributed by atoms with van der Waals surface area (Å²) in [7, 11) is 0. The molecule has 0 aromatic carbocycles. The monoisotopic (exact) mass is 324 g/mol. The van der Waals surface area contributed by atoms with E-state index in [0.717, 1.165) is 30.5 Å². The number of nitriles is 1. The third kappa shape index (κ3) is 3.51. The minimum Gasteiger partial charge on any atom is -0.310 e. The standard InChI is InChI=1S/C17H16N4OS/c1-11(16(22)21-15-7-2-3-8-19-15)23-17-13(10-18)9-12-5-4-6-14(12)20-17/h2-3,7-9,11H,4-6H2,1H3,(H,19,21,22). The van der Waals surface area contributed by atoms with Crippen LogP contribution >= 0.6 is 11.8 Å². The molecule has 1 aliphatic carbocycles. The van der Waals surface area contributed by atoms with E-state index in [9.17, 15) is 10.1 Å². The zero-order valence-corrected chi connectivity index (χ0v) is 13.6. The summed E-state index contributed by atoms with van der Waals surface area (Å²) in [4.78, 5) is 20.9. The molecule has 1 N–H and O–H groups in total. The quantitative estimate of drug-likeness (QED) is 0.875. The van der Waals surface area contributed by atoms with E-state index in [2.05, 4.69) is 21.4 Å². The predicted octanol–water partition coefficient (Wildman–Crippen LogP) is 2.96. The third-order valence-electron chi connectivity index (χ3n) is 3.71. The van der Waals surface area contributed by atoms with Crippen molar-refractivity contribution in [3.8, 4) is 6.07 Å². The first-order valence-electron chi connectivity index (χ1n) is 7.49. The largest absolute Gasteiger partial charge is 0.310 e. The zero-order chi connectivity index (χ0) is 16.2. The van der Waals surface area contributed by atoms with Gasteiger partial charge in [0.25, 0.3) is 0 Å². The molecule has 2 aromatic heterocycles. The Balaban J connectivity index is 1.74. The van der Waals surface area contributed by atoms with Crippen molar-refractivity contribution in [2.45, 2.75) is 36.5 Å². The SMILES string of the molecule is CC(Sc1nc2c(cc1C#N)CCC2)C(=O)Nc1ccccn1. The van der Waals surface area contributed by atoms with Gasteiger partial charge in [0.2, 0.25) is 5.91 Å². The van der Waals surface area contributed by atoms with Gasteiger partial charge in [-0.3, -0.25) is 4.79 Å². The molecule has 1 atom stereocenters. The van der Waals surface area contributed by atoms with E-state index in [1.807, 2.05) is 12.1 Å². The Hall–Kier alpha value is -2.39. The lowest BCUT2D eigenvalue weighted by Gasteiger charge is -2.12. The number of carbonyl (C=O) groups excluding carboxylic acids is 1. The van der Waals surface area contributed by atoms with Crippen LogP contribution in [0.5, 0.6) is 0 Å². The highest BCUT2D eigenvalue weighted by Gasteiger charge is 2.21. The Morgan fingerprint density at radius 2 is 2.30 bits per heavy atom. The van der Waals surface area contributed by atoms with E-state index in [4.69, 9.17) is 0 Å². The molecular formula is C17H16N4OS. The van der Waals surface area contributed by atoms with Crippen LogP contribution < -0.4 is 5.32 Å². The van der Waals surface area contributed by atoms with Crippen LogP contribution in [0.2, 0.25) is 0 Å². The Morgan fingerprint density at radius 1 is 1.43 bits per heavy atom. The number of hydrogen-bond acceptors (Lipinski definition) is 5. The van der Waals surface area contributed by atoms with Crippen LogP contribution in [0.25, 0.3) is 0 Å². The van der Waals surface area contributed by atoms with Crippen LogP contribution in [0.15, 0.2) is 35.5 Å². The van der Waals surface area contributed by atoms with Gasteiger partial charge in [-0.05, 0) is 49.9 Å². The molecule has 3 rings (SSSR count). The topological polar surface area (TPSA) is 78.7 Å². The number of carbonyl (C=O) groups is 1. The summed E-state index contributed by atoms with van der Waals surface area (Å²) in [6.45, 7) is 1.80. The smallest absolute Gasteiger partial charge is 0.238 e. The molecule has 0 fully saturated rings. The molecule has 0 radical (unpaired) electrons. The van der Waals surface area contributed by atoms with E-state index in [1.54, 1.807) is 25.3 Å². The van der Waals surface area contributed by atoms with Crippen LogP contribution in [0, 0.1) is 11.3 Å². The first-order valence-corrected chi connectivity index (χ1v) is 8.37. The minimum atomic E-state index is -0.365. The van der Waals surface area contributed by atoms with E-state index in [-0.39, 0.29) is 11.2 Å². The lowest BCUT2D eigenvalue weighted by Crippen LogP contribution is -2.23. The van der Waals surface area contributed by atoms with Crippen molar-refractivity contribution in [2.24, 2.45) is 0 Å². The normalized spacial score (nSPS) is 13.9. The number of rotatable bonds is 4. The van der Waals surface area contributed by atoms with E-state index in [1.165, 1.54) is 11.8 Å². The van der Waals surface area contributed by atoms with E-state index in [0.29, 0.717) is 16.4 Å². The number of hydrogen-bond donors (Lipinski definition) is 1. The highest BCUT2D eigenvalue weighted by molar-refractivity contribution is 8.00. The molecule has 1 amide bonds. The van der Waals surface area contributed by atoms with Gasteiger partial charge in [-0.2, -0.15) is 5.26 Å². The fourth-order valence-electron chi connectivity index (χ4n) is 2.51. The maximum atomic E-state index is 12.3. The van der Waals surface area contributed by atoms with Crippen molar-refractivity contribution in [1.29, 1.82) is 5.26 Å². The highest BCUT2D eigenvalue weighted by atomic mass is 32.2. The molecule has 5 nitrogen and oxygen atoms in total. The second-order valence-corrected chi connectivity index (χ2v) is 6.71. The molecule has 0 aliphatic heterocycles. The van der Waals surface area contributed by atoms with Crippen molar-refractivity contribution in [1.82, 2.24) is 9.97 Å². The molecule has 0 spiro atoms. The number of aromatic nitrogens is 2. The van der Waals surface area contributed by atoms with Crippen molar-refractivity contribution < 1.29 is 4.79 Å². The highest BCUT2D eigenvalue weighted by Crippen LogP contribution is 2.30. The Bertz CT molecular complexity index is 770. The average molecular weight is 324 g/mol. The summed E-state index contributed by atoms with van der Waals surface area (Å²) in [6.07, 6.45) is 4.64. The molecule has 1 unspecified atom stereocenters. The Kier molecular flexibility index (Phi) is 4.58. The van der Waals surface area contributed by atoms with Gasteiger partial charge >= 0.3 is 0 Å².